The van der Waals surface area contributed by atoms with Gasteiger partial charge in [0.25, 0.3) is 0 Å². The summed E-state index contributed by atoms with van der Waals surface area (Å²) in [6.07, 6.45) is 4.17. The van der Waals surface area contributed by atoms with E-state index in [1.165, 1.54) is 0 Å². The zero-order valence-corrected chi connectivity index (χ0v) is 21.9. The van der Waals surface area contributed by atoms with Crippen molar-refractivity contribution in [1.29, 1.82) is 0 Å². The van der Waals surface area contributed by atoms with Gasteiger partial charge in [0, 0.05) is 12.2 Å². The molecule has 0 aromatic heterocycles. The maximum atomic E-state index is 12.9. The number of benzene rings is 3. The number of unbranched alkanes of at least 4 members (excludes halogenated alkanes) is 1. The SMILES string of the molecule is CCCC[C@H](C(=O)O)C(CCc1ccc(-c2ccccc2)cc1)NCP(=O)(O)CCc1ccccc1. The van der Waals surface area contributed by atoms with E-state index >= 15 is 0 Å². The van der Waals surface area contributed by atoms with Crippen molar-refractivity contribution in [2.75, 3.05) is 12.4 Å². The fourth-order valence-corrected chi connectivity index (χ4v) is 5.76. The van der Waals surface area contributed by atoms with Crippen LogP contribution in [0.1, 0.15) is 43.7 Å². The number of carboxylic acids is 1. The van der Waals surface area contributed by atoms with Gasteiger partial charge in [0.2, 0.25) is 7.37 Å². The highest BCUT2D eigenvalue weighted by atomic mass is 31.2. The van der Waals surface area contributed by atoms with Gasteiger partial charge in [0.05, 0.1) is 12.2 Å². The third-order valence-electron chi connectivity index (χ3n) is 6.67. The van der Waals surface area contributed by atoms with Crippen molar-refractivity contribution in [3.8, 4) is 11.1 Å². The Morgan fingerprint density at radius 1 is 0.833 bits per heavy atom. The molecule has 0 radical (unpaired) electrons. The first-order valence-electron chi connectivity index (χ1n) is 12.8. The van der Waals surface area contributed by atoms with Crippen LogP contribution >= 0.6 is 7.37 Å². The molecule has 0 saturated carbocycles. The molecular formula is C30H38NO4P. The molecule has 0 saturated heterocycles. The Labute approximate surface area is 215 Å². The van der Waals surface area contributed by atoms with Crippen molar-refractivity contribution in [3.63, 3.8) is 0 Å². The van der Waals surface area contributed by atoms with Gasteiger partial charge >= 0.3 is 5.97 Å². The fourth-order valence-electron chi connectivity index (χ4n) is 4.47. The third kappa shape index (κ3) is 9.05. The van der Waals surface area contributed by atoms with E-state index in [0.717, 1.165) is 35.1 Å². The van der Waals surface area contributed by atoms with Gasteiger partial charge in [-0.3, -0.25) is 9.36 Å². The van der Waals surface area contributed by atoms with E-state index in [4.69, 9.17) is 0 Å². The summed E-state index contributed by atoms with van der Waals surface area (Å²) < 4.78 is 12.9. The van der Waals surface area contributed by atoms with E-state index in [0.29, 0.717) is 25.7 Å². The highest BCUT2D eigenvalue weighted by Crippen LogP contribution is 2.40. The Hall–Kier alpha value is -2.72. The van der Waals surface area contributed by atoms with Crippen molar-refractivity contribution in [3.05, 3.63) is 96.1 Å². The van der Waals surface area contributed by atoms with Gasteiger partial charge in [-0.05, 0) is 47.9 Å². The third-order valence-corrected chi connectivity index (χ3v) is 8.27. The van der Waals surface area contributed by atoms with Crippen molar-refractivity contribution in [2.45, 2.75) is 51.5 Å². The van der Waals surface area contributed by atoms with E-state index in [9.17, 15) is 19.4 Å². The van der Waals surface area contributed by atoms with Crippen LogP contribution in [0, 0.1) is 5.92 Å². The number of rotatable bonds is 15. The molecule has 0 spiro atoms. The molecular weight excluding hydrogens is 469 g/mol. The summed E-state index contributed by atoms with van der Waals surface area (Å²) >= 11 is 0. The topological polar surface area (TPSA) is 86.6 Å². The molecule has 0 aliphatic carbocycles. The Kier molecular flexibility index (Phi) is 10.9. The second-order valence-electron chi connectivity index (χ2n) is 9.46. The molecule has 192 valence electrons. The molecule has 5 nitrogen and oxygen atoms in total. The minimum Gasteiger partial charge on any atom is -0.481 e. The van der Waals surface area contributed by atoms with E-state index in [2.05, 4.69) is 41.7 Å². The monoisotopic (exact) mass is 507 g/mol. The summed E-state index contributed by atoms with van der Waals surface area (Å²) in [5, 5.41) is 13.1. The van der Waals surface area contributed by atoms with E-state index in [-0.39, 0.29) is 18.5 Å². The lowest BCUT2D eigenvalue weighted by Gasteiger charge is -2.27. The number of aliphatic carboxylic acids is 1. The Bertz CT molecular complexity index is 1100. The number of hydrogen-bond donors (Lipinski definition) is 3. The fraction of sp³-hybridized carbons (Fsp3) is 0.367. The van der Waals surface area contributed by atoms with Crippen LogP contribution in [0.5, 0.6) is 0 Å². The highest BCUT2D eigenvalue weighted by Gasteiger charge is 2.29. The molecule has 3 atom stereocenters. The van der Waals surface area contributed by atoms with Crippen LogP contribution < -0.4 is 5.32 Å². The van der Waals surface area contributed by atoms with E-state index in [1.807, 2.05) is 55.5 Å². The second-order valence-corrected chi connectivity index (χ2v) is 11.9. The zero-order valence-electron chi connectivity index (χ0n) is 21.1. The van der Waals surface area contributed by atoms with Gasteiger partial charge in [0.15, 0.2) is 0 Å². The average molecular weight is 508 g/mol. The van der Waals surface area contributed by atoms with Crippen LogP contribution in [0.2, 0.25) is 0 Å². The summed E-state index contributed by atoms with van der Waals surface area (Å²) in [5.41, 5.74) is 4.44. The second kappa shape index (κ2) is 14.1. The van der Waals surface area contributed by atoms with E-state index in [1.54, 1.807) is 0 Å². The molecule has 0 amide bonds. The molecule has 0 aliphatic heterocycles. The molecule has 3 aromatic rings. The maximum absolute atomic E-state index is 12.9. The average Bonchev–Trinajstić information content (AvgIpc) is 2.90. The molecule has 0 bridgehead atoms. The molecule has 3 N–H and O–H groups in total. The standard InChI is InChI=1S/C30H38NO4P/c1-2-3-14-28(30(32)33)29(31-23-36(34,35)22-21-24-10-6-4-7-11-24)20-17-25-15-18-27(19-16-25)26-12-8-5-9-13-26/h4-13,15-16,18-19,28-29,31H,2-3,14,17,20-23H2,1H3,(H,32,33)(H,34,35)/t28-,29?/m0/s1. The van der Waals surface area contributed by atoms with Crippen molar-refractivity contribution < 1.29 is 19.4 Å². The predicted molar refractivity (Wildman–Crippen MR) is 147 cm³/mol. The van der Waals surface area contributed by atoms with Crippen LogP contribution in [0.15, 0.2) is 84.9 Å². The van der Waals surface area contributed by atoms with Crippen molar-refractivity contribution in [2.24, 2.45) is 5.92 Å². The number of aryl methyl sites for hydroxylation is 2. The number of carbonyl (C=O) groups is 1. The summed E-state index contributed by atoms with van der Waals surface area (Å²) in [4.78, 5) is 22.7. The van der Waals surface area contributed by atoms with Crippen molar-refractivity contribution in [1.82, 2.24) is 5.32 Å². The smallest absolute Gasteiger partial charge is 0.308 e. The van der Waals surface area contributed by atoms with E-state index < -0.39 is 19.3 Å². The Morgan fingerprint density at radius 2 is 1.42 bits per heavy atom. The Balaban J connectivity index is 1.64. The summed E-state index contributed by atoms with van der Waals surface area (Å²) in [5.74, 6) is -1.44. The number of hydrogen-bond acceptors (Lipinski definition) is 3. The molecule has 2 unspecified atom stereocenters. The lowest BCUT2D eigenvalue weighted by atomic mass is 9.89. The van der Waals surface area contributed by atoms with Crippen LogP contribution in [0.3, 0.4) is 0 Å². The molecule has 0 heterocycles. The lowest BCUT2D eigenvalue weighted by molar-refractivity contribution is -0.143. The van der Waals surface area contributed by atoms with Gasteiger partial charge < -0.3 is 15.3 Å². The first-order valence-corrected chi connectivity index (χ1v) is 14.9. The Morgan fingerprint density at radius 3 is 2.03 bits per heavy atom. The van der Waals surface area contributed by atoms with Crippen molar-refractivity contribution >= 4 is 13.3 Å². The number of nitrogens with one attached hydrogen (secondary N) is 1. The van der Waals surface area contributed by atoms with Crippen LogP contribution in [0.25, 0.3) is 11.1 Å². The lowest BCUT2D eigenvalue weighted by Crippen LogP contribution is -2.41. The normalized spacial score (nSPS) is 14.6. The van der Waals surface area contributed by atoms with Crippen LogP contribution in [-0.4, -0.2) is 34.5 Å². The first-order chi connectivity index (χ1) is 17.4. The largest absolute Gasteiger partial charge is 0.481 e. The molecule has 3 aromatic carbocycles. The molecule has 0 aliphatic rings. The molecule has 6 heteroatoms. The first kappa shape index (κ1) is 27.9. The predicted octanol–water partition coefficient (Wildman–Crippen LogP) is 6.61. The summed E-state index contributed by atoms with van der Waals surface area (Å²) in [6, 6.07) is 27.8. The maximum Gasteiger partial charge on any atom is 0.308 e. The summed E-state index contributed by atoms with van der Waals surface area (Å²) in [7, 11) is -3.45. The number of carboxylic acid groups (broad SMARTS) is 1. The minimum absolute atomic E-state index is 0.0760. The van der Waals surface area contributed by atoms with Gasteiger partial charge in [-0.15, -0.1) is 0 Å². The van der Waals surface area contributed by atoms with Crippen LogP contribution in [-0.2, 0) is 22.2 Å². The molecule has 3 rings (SSSR count). The molecule has 36 heavy (non-hydrogen) atoms. The van der Waals surface area contributed by atoms with Gasteiger partial charge in [-0.2, -0.15) is 0 Å². The quantitative estimate of drug-likeness (QED) is 0.202. The highest BCUT2D eigenvalue weighted by molar-refractivity contribution is 7.57. The van der Waals surface area contributed by atoms with Gasteiger partial charge in [-0.25, -0.2) is 0 Å². The van der Waals surface area contributed by atoms with Gasteiger partial charge in [0.1, 0.15) is 0 Å². The summed E-state index contributed by atoms with van der Waals surface area (Å²) in [6.45, 7) is 2.04. The minimum atomic E-state index is -3.45. The van der Waals surface area contributed by atoms with Crippen LogP contribution in [0.4, 0.5) is 0 Å². The molecule has 0 fully saturated rings. The zero-order chi connectivity index (χ0) is 25.8. The van der Waals surface area contributed by atoms with Gasteiger partial charge in [-0.1, -0.05) is 105 Å².